The molecule has 0 saturated heterocycles. The number of hydrogen-bond donors (Lipinski definition) is 0. The summed E-state index contributed by atoms with van der Waals surface area (Å²) in [4.78, 5) is 0. The van der Waals surface area contributed by atoms with Crippen LogP contribution in [-0.4, -0.2) is 12.0 Å². The molecule has 0 fully saturated rings. The monoisotopic (exact) mass is 298 g/mol. The Labute approximate surface area is 126 Å². The standard InChI is InChI=1S/C17H24ClFO/c1-3-5-8-17(4-2,12-18)11-15-10-13-9-14(19)6-7-16(13)20-15/h6-7,9,15H,3-5,8,10-12H2,1-2H3. The van der Waals surface area contributed by atoms with Crippen LogP contribution >= 0.6 is 11.6 Å². The zero-order chi connectivity index (χ0) is 14.6. The predicted octanol–water partition coefficient (Wildman–Crippen LogP) is 5.34. The maximum Gasteiger partial charge on any atom is 0.123 e. The Morgan fingerprint density at radius 2 is 2.20 bits per heavy atom. The van der Waals surface area contributed by atoms with Gasteiger partial charge in [0.05, 0.1) is 0 Å². The molecule has 0 spiro atoms. The Hall–Kier alpha value is -0.760. The summed E-state index contributed by atoms with van der Waals surface area (Å²) in [5.41, 5.74) is 1.15. The van der Waals surface area contributed by atoms with Gasteiger partial charge < -0.3 is 4.74 Å². The third-order valence-electron chi connectivity index (χ3n) is 4.52. The topological polar surface area (TPSA) is 9.23 Å². The highest BCUT2D eigenvalue weighted by atomic mass is 35.5. The molecule has 0 N–H and O–H groups in total. The average Bonchev–Trinajstić information content (AvgIpc) is 2.84. The molecule has 1 aromatic carbocycles. The van der Waals surface area contributed by atoms with E-state index in [1.165, 1.54) is 18.9 Å². The lowest BCUT2D eigenvalue weighted by Gasteiger charge is -2.33. The minimum absolute atomic E-state index is 0.141. The van der Waals surface area contributed by atoms with Gasteiger partial charge in [0.1, 0.15) is 17.7 Å². The number of fused-ring (bicyclic) bond motifs is 1. The van der Waals surface area contributed by atoms with Crippen LogP contribution in [0.3, 0.4) is 0 Å². The Balaban J connectivity index is 2.03. The van der Waals surface area contributed by atoms with Gasteiger partial charge in [-0.1, -0.05) is 26.7 Å². The van der Waals surface area contributed by atoms with E-state index >= 15 is 0 Å². The number of hydrogen-bond acceptors (Lipinski definition) is 1. The van der Waals surface area contributed by atoms with Gasteiger partial charge in [0, 0.05) is 17.9 Å². The van der Waals surface area contributed by atoms with E-state index in [9.17, 15) is 4.39 Å². The highest BCUT2D eigenvalue weighted by Crippen LogP contribution is 2.40. The first-order chi connectivity index (χ1) is 9.62. The molecule has 2 unspecified atom stereocenters. The summed E-state index contributed by atoms with van der Waals surface area (Å²) >= 11 is 6.26. The van der Waals surface area contributed by atoms with Crippen molar-refractivity contribution in [2.75, 3.05) is 5.88 Å². The lowest BCUT2D eigenvalue weighted by Crippen LogP contribution is -2.30. The smallest absolute Gasteiger partial charge is 0.123 e. The zero-order valence-corrected chi connectivity index (χ0v) is 13.2. The fraction of sp³-hybridized carbons (Fsp3) is 0.647. The van der Waals surface area contributed by atoms with Crippen LogP contribution in [0.5, 0.6) is 5.75 Å². The third kappa shape index (κ3) is 3.46. The van der Waals surface area contributed by atoms with Gasteiger partial charge in [-0.25, -0.2) is 4.39 Å². The van der Waals surface area contributed by atoms with Gasteiger partial charge in [-0.2, -0.15) is 0 Å². The highest BCUT2D eigenvalue weighted by molar-refractivity contribution is 6.18. The van der Waals surface area contributed by atoms with E-state index in [2.05, 4.69) is 13.8 Å². The van der Waals surface area contributed by atoms with Crippen LogP contribution in [0.1, 0.15) is 51.5 Å². The minimum Gasteiger partial charge on any atom is -0.490 e. The molecular weight excluding hydrogens is 275 g/mol. The zero-order valence-electron chi connectivity index (χ0n) is 12.4. The van der Waals surface area contributed by atoms with E-state index in [4.69, 9.17) is 16.3 Å². The first-order valence-electron chi connectivity index (χ1n) is 7.63. The van der Waals surface area contributed by atoms with Gasteiger partial charge in [0.15, 0.2) is 0 Å². The van der Waals surface area contributed by atoms with E-state index in [0.717, 1.165) is 37.0 Å². The molecule has 0 radical (unpaired) electrons. The largest absolute Gasteiger partial charge is 0.490 e. The van der Waals surface area contributed by atoms with E-state index < -0.39 is 0 Å². The number of halogens is 2. The lowest BCUT2D eigenvalue weighted by molar-refractivity contribution is 0.134. The fourth-order valence-electron chi connectivity index (χ4n) is 3.08. The normalized spacial score (nSPS) is 20.3. The van der Waals surface area contributed by atoms with Crippen molar-refractivity contribution in [2.24, 2.45) is 5.41 Å². The third-order valence-corrected chi connectivity index (χ3v) is 5.09. The van der Waals surface area contributed by atoms with Crippen LogP contribution in [0.15, 0.2) is 18.2 Å². The summed E-state index contributed by atoms with van der Waals surface area (Å²) in [6.07, 6.45) is 6.52. The molecule has 0 amide bonds. The average molecular weight is 299 g/mol. The first-order valence-corrected chi connectivity index (χ1v) is 8.17. The second-order valence-corrected chi connectivity index (χ2v) is 6.26. The Kier molecular flexibility index (Phi) is 5.31. The molecule has 0 aromatic heterocycles. The van der Waals surface area contributed by atoms with Crippen LogP contribution in [0, 0.1) is 11.2 Å². The minimum atomic E-state index is -0.182. The van der Waals surface area contributed by atoms with E-state index in [0.29, 0.717) is 5.88 Å². The molecule has 0 aliphatic carbocycles. The molecule has 2 atom stereocenters. The van der Waals surface area contributed by atoms with Crippen LogP contribution in [0.25, 0.3) is 0 Å². The van der Waals surface area contributed by atoms with Gasteiger partial charge in [-0.3, -0.25) is 0 Å². The van der Waals surface area contributed by atoms with Gasteiger partial charge in [0.25, 0.3) is 0 Å². The summed E-state index contributed by atoms with van der Waals surface area (Å²) in [6, 6.07) is 4.80. The molecule has 3 heteroatoms. The van der Waals surface area contributed by atoms with Gasteiger partial charge in [-0.05, 0) is 42.9 Å². The predicted molar refractivity (Wildman–Crippen MR) is 82.1 cm³/mol. The molecule has 1 heterocycles. The summed E-state index contributed by atoms with van der Waals surface area (Å²) in [5, 5.41) is 0. The van der Waals surface area contributed by atoms with Crippen molar-refractivity contribution in [1.82, 2.24) is 0 Å². The summed E-state index contributed by atoms with van der Waals surface area (Å²) in [5.74, 6) is 1.33. The first kappa shape index (κ1) is 15.6. The van der Waals surface area contributed by atoms with Crippen molar-refractivity contribution in [3.8, 4) is 5.75 Å². The van der Waals surface area contributed by atoms with Gasteiger partial charge in [0.2, 0.25) is 0 Å². The van der Waals surface area contributed by atoms with E-state index in [1.54, 1.807) is 12.1 Å². The quantitative estimate of drug-likeness (QED) is 0.617. The SMILES string of the molecule is CCCCC(CC)(CCl)CC1Cc2cc(F)ccc2O1. The number of rotatable bonds is 7. The van der Waals surface area contributed by atoms with Gasteiger partial charge in [-0.15, -0.1) is 11.6 Å². The molecule has 0 saturated carbocycles. The van der Waals surface area contributed by atoms with Crippen molar-refractivity contribution in [3.63, 3.8) is 0 Å². The van der Waals surface area contributed by atoms with Gasteiger partial charge >= 0.3 is 0 Å². The fourth-order valence-corrected chi connectivity index (χ4v) is 3.51. The van der Waals surface area contributed by atoms with Crippen molar-refractivity contribution in [2.45, 2.75) is 58.5 Å². The second-order valence-electron chi connectivity index (χ2n) is 5.99. The maximum atomic E-state index is 13.2. The number of unbranched alkanes of at least 4 members (excludes halogenated alkanes) is 1. The molecule has 2 rings (SSSR count). The van der Waals surface area contributed by atoms with Crippen molar-refractivity contribution in [1.29, 1.82) is 0 Å². The molecule has 20 heavy (non-hydrogen) atoms. The number of alkyl halides is 1. The molecule has 1 nitrogen and oxygen atoms in total. The van der Waals surface area contributed by atoms with Crippen LogP contribution < -0.4 is 4.74 Å². The second kappa shape index (κ2) is 6.80. The van der Waals surface area contributed by atoms with Crippen molar-refractivity contribution >= 4 is 11.6 Å². The molecule has 1 aliphatic heterocycles. The highest BCUT2D eigenvalue weighted by Gasteiger charge is 2.34. The number of ether oxygens (including phenoxy) is 1. The van der Waals surface area contributed by atoms with E-state index in [1.807, 2.05) is 0 Å². The maximum absolute atomic E-state index is 13.2. The number of benzene rings is 1. The lowest BCUT2D eigenvalue weighted by atomic mass is 9.77. The van der Waals surface area contributed by atoms with E-state index in [-0.39, 0.29) is 17.3 Å². The Morgan fingerprint density at radius 3 is 2.85 bits per heavy atom. The Morgan fingerprint density at radius 1 is 1.40 bits per heavy atom. The summed E-state index contributed by atoms with van der Waals surface area (Å²) in [7, 11) is 0. The molecule has 112 valence electrons. The molecule has 0 bridgehead atoms. The van der Waals surface area contributed by atoms with Crippen LogP contribution in [0.4, 0.5) is 4.39 Å². The van der Waals surface area contributed by atoms with Crippen molar-refractivity contribution in [3.05, 3.63) is 29.6 Å². The van der Waals surface area contributed by atoms with Crippen LogP contribution in [0.2, 0.25) is 0 Å². The summed E-state index contributed by atoms with van der Waals surface area (Å²) < 4.78 is 19.2. The van der Waals surface area contributed by atoms with Crippen LogP contribution in [-0.2, 0) is 6.42 Å². The summed E-state index contributed by atoms with van der Waals surface area (Å²) in [6.45, 7) is 4.42. The Bertz CT molecular complexity index is 443. The molecular formula is C17H24ClFO. The van der Waals surface area contributed by atoms with Crippen molar-refractivity contribution < 1.29 is 9.13 Å². The molecule has 1 aliphatic rings. The molecule has 1 aromatic rings.